The lowest BCUT2D eigenvalue weighted by Gasteiger charge is -2.28. The predicted octanol–water partition coefficient (Wildman–Crippen LogP) is 7.30. The van der Waals surface area contributed by atoms with Gasteiger partial charge in [-0.3, -0.25) is 14.6 Å². The van der Waals surface area contributed by atoms with Gasteiger partial charge in [-0.25, -0.2) is 4.90 Å². The lowest BCUT2D eigenvalue weighted by molar-refractivity contribution is 0.0893. The van der Waals surface area contributed by atoms with Crippen molar-refractivity contribution in [1.82, 2.24) is 0 Å². The highest BCUT2D eigenvalue weighted by molar-refractivity contribution is 6.36. The highest BCUT2D eigenvalue weighted by Crippen LogP contribution is 2.40. The van der Waals surface area contributed by atoms with Gasteiger partial charge in [0.05, 0.1) is 23.1 Å². The van der Waals surface area contributed by atoms with Gasteiger partial charge >= 0.3 is 0 Å². The van der Waals surface area contributed by atoms with Gasteiger partial charge in [-0.05, 0) is 54.3 Å². The van der Waals surface area contributed by atoms with Crippen molar-refractivity contribution in [3.63, 3.8) is 0 Å². The van der Waals surface area contributed by atoms with Crippen molar-refractivity contribution in [2.24, 2.45) is 5.10 Å². The Labute approximate surface area is 226 Å². The number of benzene rings is 5. The van der Waals surface area contributed by atoms with Crippen molar-refractivity contribution in [3.05, 3.63) is 143 Å². The van der Waals surface area contributed by atoms with Crippen LogP contribution in [0.25, 0.3) is 10.8 Å². The molecule has 0 saturated heterocycles. The maximum absolute atomic E-state index is 13.7. The first-order valence-electron chi connectivity index (χ1n) is 13.1. The van der Waals surface area contributed by atoms with Crippen LogP contribution < -0.4 is 9.91 Å². The number of anilines is 2. The second kappa shape index (κ2) is 9.07. The van der Waals surface area contributed by atoms with E-state index in [0.717, 1.165) is 27.9 Å². The molecule has 2 amide bonds. The number of carbonyl (C=O) groups excluding carboxylic acids is 2. The third-order valence-corrected chi connectivity index (χ3v) is 7.63. The summed E-state index contributed by atoms with van der Waals surface area (Å²) in [5.74, 6) is -0.610. The normalized spacial score (nSPS) is 16.6. The summed E-state index contributed by atoms with van der Waals surface area (Å²) in [6.45, 7) is 1.98. The van der Waals surface area contributed by atoms with Crippen LogP contribution in [0.1, 0.15) is 49.9 Å². The molecule has 1 atom stereocenters. The van der Waals surface area contributed by atoms with Gasteiger partial charge in [0.2, 0.25) is 0 Å². The SMILES string of the molecule is Cc1ccc(N2C(=O)c3cccc4c(C5=NN(c6ccccc6)C(c6ccccc6)C5)ccc(c34)C2=O)cc1. The third-order valence-electron chi connectivity index (χ3n) is 7.63. The van der Waals surface area contributed by atoms with Crippen LogP contribution >= 0.6 is 0 Å². The number of hydrazone groups is 1. The minimum Gasteiger partial charge on any atom is -0.268 e. The summed E-state index contributed by atoms with van der Waals surface area (Å²) in [6, 6.07) is 37.6. The van der Waals surface area contributed by atoms with Crippen molar-refractivity contribution in [3.8, 4) is 0 Å². The largest absolute Gasteiger partial charge is 0.268 e. The fourth-order valence-electron chi connectivity index (χ4n) is 5.70. The van der Waals surface area contributed by atoms with Gasteiger partial charge in [0.1, 0.15) is 0 Å². The summed E-state index contributed by atoms with van der Waals surface area (Å²) < 4.78 is 0. The molecule has 2 aliphatic heterocycles. The van der Waals surface area contributed by atoms with Gasteiger partial charge in [-0.2, -0.15) is 5.10 Å². The van der Waals surface area contributed by atoms with E-state index in [9.17, 15) is 9.59 Å². The smallest absolute Gasteiger partial charge is 0.265 e. The Hall–Kier alpha value is -5.03. The Morgan fingerprint density at radius 3 is 2.00 bits per heavy atom. The molecule has 0 spiro atoms. The summed E-state index contributed by atoms with van der Waals surface area (Å²) in [4.78, 5) is 28.6. The number of amides is 2. The van der Waals surface area contributed by atoms with Crippen LogP contribution in [0.5, 0.6) is 0 Å². The highest BCUT2D eigenvalue weighted by Gasteiger charge is 2.36. The zero-order chi connectivity index (χ0) is 26.5. The summed E-state index contributed by atoms with van der Waals surface area (Å²) in [5, 5.41) is 8.77. The minimum atomic E-state index is -0.305. The fourth-order valence-corrected chi connectivity index (χ4v) is 5.70. The molecule has 188 valence electrons. The van der Waals surface area contributed by atoms with Crippen LogP contribution in [0.2, 0.25) is 0 Å². The van der Waals surface area contributed by atoms with Gasteiger partial charge in [0.25, 0.3) is 11.8 Å². The molecular weight excluding hydrogens is 482 g/mol. The average molecular weight is 508 g/mol. The molecule has 0 N–H and O–H groups in total. The predicted molar refractivity (Wildman–Crippen MR) is 156 cm³/mol. The van der Waals surface area contributed by atoms with E-state index in [-0.39, 0.29) is 17.9 Å². The van der Waals surface area contributed by atoms with Gasteiger partial charge < -0.3 is 0 Å². The Morgan fingerprint density at radius 1 is 0.641 bits per heavy atom. The summed E-state index contributed by atoms with van der Waals surface area (Å²) >= 11 is 0. The number of carbonyl (C=O) groups is 2. The fraction of sp³-hybridized carbons (Fsp3) is 0.0882. The lowest BCUT2D eigenvalue weighted by atomic mass is 9.88. The van der Waals surface area contributed by atoms with Crippen molar-refractivity contribution in [2.45, 2.75) is 19.4 Å². The summed E-state index contributed by atoms with van der Waals surface area (Å²) in [7, 11) is 0. The Morgan fingerprint density at radius 2 is 1.28 bits per heavy atom. The van der Waals surface area contributed by atoms with Gasteiger partial charge in [-0.15, -0.1) is 0 Å². The van der Waals surface area contributed by atoms with E-state index in [1.807, 2.05) is 85.8 Å². The van der Waals surface area contributed by atoms with E-state index in [1.165, 1.54) is 10.5 Å². The van der Waals surface area contributed by atoms with E-state index < -0.39 is 0 Å². The Kier molecular flexibility index (Phi) is 5.37. The van der Waals surface area contributed by atoms with E-state index in [0.29, 0.717) is 28.6 Å². The molecule has 2 aliphatic rings. The first kappa shape index (κ1) is 23.1. The molecule has 5 nitrogen and oxygen atoms in total. The number of hydrogen-bond acceptors (Lipinski definition) is 4. The maximum Gasteiger partial charge on any atom is 0.265 e. The van der Waals surface area contributed by atoms with Crippen LogP contribution in [-0.4, -0.2) is 17.5 Å². The highest BCUT2D eigenvalue weighted by atomic mass is 16.2. The number of nitrogens with zero attached hydrogens (tertiary/aromatic N) is 3. The molecule has 5 heteroatoms. The van der Waals surface area contributed by atoms with Crippen LogP contribution in [0.15, 0.2) is 120 Å². The van der Waals surface area contributed by atoms with Gasteiger partial charge in [-0.1, -0.05) is 84.4 Å². The van der Waals surface area contributed by atoms with Crippen LogP contribution in [0.4, 0.5) is 11.4 Å². The van der Waals surface area contributed by atoms with E-state index in [1.54, 1.807) is 0 Å². The number of imide groups is 1. The third kappa shape index (κ3) is 3.74. The number of aryl methyl sites for hydroxylation is 1. The second-order valence-corrected chi connectivity index (χ2v) is 10.0. The van der Waals surface area contributed by atoms with Crippen LogP contribution in [0, 0.1) is 6.92 Å². The van der Waals surface area contributed by atoms with Gasteiger partial charge in [0, 0.05) is 28.5 Å². The number of para-hydroxylation sites is 1. The van der Waals surface area contributed by atoms with Crippen LogP contribution in [0.3, 0.4) is 0 Å². The van der Waals surface area contributed by atoms with E-state index in [2.05, 4.69) is 41.4 Å². The quantitative estimate of drug-likeness (QED) is 0.240. The summed E-state index contributed by atoms with van der Waals surface area (Å²) in [6.07, 6.45) is 0.703. The molecular formula is C34H25N3O2. The number of rotatable bonds is 4. The standard InChI is InChI=1S/C34H25N3O2/c1-22-15-17-24(18-16-22)36-33(38)28-14-8-13-27-26(19-20-29(32(27)28)34(36)39)30-21-31(23-9-4-2-5-10-23)37(35-30)25-11-6-3-7-12-25/h2-20,31H,21H2,1H3. The van der Waals surface area contributed by atoms with Crippen molar-refractivity contribution < 1.29 is 9.59 Å². The minimum absolute atomic E-state index is 0.0368. The Bertz CT molecular complexity index is 1750. The molecule has 5 aromatic carbocycles. The molecule has 7 rings (SSSR count). The van der Waals surface area contributed by atoms with Crippen molar-refractivity contribution in [2.75, 3.05) is 9.91 Å². The zero-order valence-corrected chi connectivity index (χ0v) is 21.4. The first-order chi connectivity index (χ1) is 19.1. The second-order valence-electron chi connectivity index (χ2n) is 10.0. The van der Waals surface area contributed by atoms with E-state index >= 15 is 0 Å². The average Bonchev–Trinajstić information content (AvgIpc) is 3.43. The molecule has 5 aromatic rings. The Balaban J connectivity index is 1.35. The molecule has 39 heavy (non-hydrogen) atoms. The topological polar surface area (TPSA) is 53.0 Å². The first-order valence-corrected chi connectivity index (χ1v) is 13.1. The molecule has 0 radical (unpaired) electrons. The van der Waals surface area contributed by atoms with Gasteiger partial charge in [0.15, 0.2) is 0 Å². The molecule has 0 saturated carbocycles. The molecule has 0 bridgehead atoms. The maximum atomic E-state index is 13.7. The lowest BCUT2D eigenvalue weighted by Crippen LogP contribution is -2.40. The number of hydrogen-bond donors (Lipinski definition) is 0. The van der Waals surface area contributed by atoms with Crippen molar-refractivity contribution >= 4 is 39.7 Å². The van der Waals surface area contributed by atoms with E-state index in [4.69, 9.17) is 5.10 Å². The molecule has 2 heterocycles. The van der Waals surface area contributed by atoms with Crippen molar-refractivity contribution in [1.29, 1.82) is 0 Å². The van der Waals surface area contributed by atoms with Crippen LogP contribution in [-0.2, 0) is 0 Å². The summed E-state index contributed by atoms with van der Waals surface area (Å²) in [5.41, 5.74) is 6.78. The monoisotopic (exact) mass is 507 g/mol. The zero-order valence-electron chi connectivity index (χ0n) is 21.4. The molecule has 0 fully saturated rings. The molecule has 0 aromatic heterocycles. The molecule has 0 aliphatic carbocycles. The molecule has 1 unspecified atom stereocenters.